The van der Waals surface area contributed by atoms with Crippen molar-refractivity contribution in [3.05, 3.63) is 70.8 Å². The Balaban J connectivity index is 1.61. The molecular weight excluding hydrogens is 322 g/mol. The van der Waals surface area contributed by atoms with Crippen LogP contribution < -0.4 is 0 Å². The van der Waals surface area contributed by atoms with Crippen LogP contribution in [-0.2, 0) is 6.54 Å². The van der Waals surface area contributed by atoms with Crippen LogP contribution in [0.2, 0.25) is 0 Å². The Morgan fingerprint density at radius 2 is 1.76 bits per heavy atom. The number of hydrogen-bond donors (Lipinski definition) is 0. The van der Waals surface area contributed by atoms with Gasteiger partial charge in [-0.15, -0.1) is 0 Å². The highest BCUT2D eigenvalue weighted by Crippen LogP contribution is 2.15. The number of carbonyl (C=O) groups excluding carboxylic acids is 1. The van der Waals surface area contributed by atoms with Gasteiger partial charge in [-0.3, -0.25) is 9.69 Å². The minimum atomic E-state index is -0.349. The molecule has 1 aliphatic rings. The zero-order chi connectivity index (χ0) is 17.8. The minimum absolute atomic E-state index is 0.123. The molecule has 0 aliphatic carbocycles. The van der Waals surface area contributed by atoms with Crippen LogP contribution in [0.25, 0.3) is 0 Å². The summed E-state index contributed by atoms with van der Waals surface area (Å²) in [7, 11) is 0. The number of carbonyl (C=O) groups is 1. The first-order chi connectivity index (χ1) is 12.0. The summed E-state index contributed by atoms with van der Waals surface area (Å²) >= 11 is 0. The van der Waals surface area contributed by atoms with Crippen LogP contribution in [0.4, 0.5) is 8.78 Å². The maximum Gasteiger partial charge on any atom is 0.254 e. The lowest BCUT2D eigenvalue weighted by Gasteiger charge is -2.22. The van der Waals surface area contributed by atoms with Gasteiger partial charge in [0.25, 0.3) is 5.91 Å². The van der Waals surface area contributed by atoms with Crippen molar-refractivity contribution >= 4 is 5.91 Å². The number of benzene rings is 2. The summed E-state index contributed by atoms with van der Waals surface area (Å²) in [6, 6.07) is 11.2. The smallest absolute Gasteiger partial charge is 0.254 e. The van der Waals surface area contributed by atoms with E-state index in [-0.39, 0.29) is 17.5 Å². The molecule has 2 aromatic rings. The summed E-state index contributed by atoms with van der Waals surface area (Å²) in [6.07, 6.45) is 0.862. The van der Waals surface area contributed by atoms with E-state index < -0.39 is 0 Å². The van der Waals surface area contributed by atoms with Crippen molar-refractivity contribution in [1.29, 1.82) is 0 Å². The lowest BCUT2D eigenvalue weighted by molar-refractivity contribution is 0.0760. The van der Waals surface area contributed by atoms with Gasteiger partial charge in [-0.05, 0) is 48.7 Å². The van der Waals surface area contributed by atoms with Gasteiger partial charge >= 0.3 is 0 Å². The Hall–Kier alpha value is -2.27. The highest BCUT2D eigenvalue weighted by molar-refractivity contribution is 5.94. The average Bonchev–Trinajstić information content (AvgIpc) is 2.84. The quantitative estimate of drug-likeness (QED) is 0.849. The molecule has 0 bridgehead atoms. The first-order valence-electron chi connectivity index (χ1n) is 8.55. The molecule has 0 radical (unpaired) electrons. The third kappa shape index (κ3) is 4.42. The maximum absolute atomic E-state index is 13.7. The zero-order valence-electron chi connectivity index (χ0n) is 14.3. The molecule has 3 nitrogen and oxygen atoms in total. The fourth-order valence-electron chi connectivity index (χ4n) is 3.09. The molecule has 5 heteroatoms. The third-order valence-corrected chi connectivity index (χ3v) is 4.61. The van der Waals surface area contributed by atoms with Crippen LogP contribution in [0.1, 0.15) is 27.9 Å². The average molecular weight is 344 g/mol. The van der Waals surface area contributed by atoms with Crippen molar-refractivity contribution in [3.63, 3.8) is 0 Å². The number of aryl methyl sites for hydroxylation is 1. The normalized spacial score (nSPS) is 15.9. The molecule has 1 fully saturated rings. The zero-order valence-corrected chi connectivity index (χ0v) is 14.3. The van der Waals surface area contributed by atoms with Crippen molar-refractivity contribution in [1.82, 2.24) is 9.80 Å². The van der Waals surface area contributed by atoms with E-state index in [0.717, 1.165) is 31.6 Å². The van der Waals surface area contributed by atoms with Crippen LogP contribution in [0.5, 0.6) is 0 Å². The summed E-state index contributed by atoms with van der Waals surface area (Å²) < 4.78 is 26.7. The number of nitrogens with zero attached hydrogens (tertiary/aromatic N) is 2. The summed E-state index contributed by atoms with van der Waals surface area (Å²) in [6.45, 7) is 5.31. The Morgan fingerprint density at radius 1 is 1.00 bits per heavy atom. The fraction of sp³-hybridized carbons (Fsp3) is 0.350. The lowest BCUT2D eigenvalue weighted by Crippen LogP contribution is -2.35. The number of amides is 1. The largest absolute Gasteiger partial charge is 0.337 e. The summed E-state index contributed by atoms with van der Waals surface area (Å²) in [5, 5.41) is 0. The van der Waals surface area contributed by atoms with E-state index in [1.54, 1.807) is 36.1 Å². The van der Waals surface area contributed by atoms with Crippen LogP contribution in [-0.4, -0.2) is 41.9 Å². The number of hydrogen-bond acceptors (Lipinski definition) is 2. The van der Waals surface area contributed by atoms with Crippen LogP contribution >= 0.6 is 0 Å². The van der Waals surface area contributed by atoms with Crippen LogP contribution in [0.3, 0.4) is 0 Å². The Morgan fingerprint density at radius 3 is 2.48 bits per heavy atom. The van der Waals surface area contributed by atoms with Crippen molar-refractivity contribution in [2.75, 3.05) is 26.2 Å². The van der Waals surface area contributed by atoms with Crippen molar-refractivity contribution < 1.29 is 13.6 Å². The Kier molecular flexibility index (Phi) is 5.43. The maximum atomic E-state index is 13.7. The molecule has 1 heterocycles. The molecule has 1 aliphatic heterocycles. The topological polar surface area (TPSA) is 23.6 Å². The van der Waals surface area contributed by atoms with Gasteiger partial charge in [0.2, 0.25) is 0 Å². The van der Waals surface area contributed by atoms with E-state index in [2.05, 4.69) is 4.90 Å². The Bertz CT molecular complexity index is 746. The molecule has 0 atom stereocenters. The molecule has 1 amide bonds. The summed E-state index contributed by atoms with van der Waals surface area (Å²) in [5.41, 5.74) is 2.00. The van der Waals surface area contributed by atoms with E-state index in [9.17, 15) is 13.6 Å². The molecule has 0 spiro atoms. The van der Waals surface area contributed by atoms with E-state index >= 15 is 0 Å². The predicted molar refractivity (Wildman–Crippen MR) is 93.3 cm³/mol. The first-order valence-corrected chi connectivity index (χ1v) is 8.55. The van der Waals surface area contributed by atoms with E-state index in [4.69, 9.17) is 0 Å². The molecule has 3 rings (SSSR count). The van der Waals surface area contributed by atoms with Crippen molar-refractivity contribution in [2.45, 2.75) is 19.9 Å². The van der Waals surface area contributed by atoms with Gasteiger partial charge in [0.05, 0.1) is 0 Å². The van der Waals surface area contributed by atoms with E-state index in [1.807, 2.05) is 0 Å². The fourth-order valence-corrected chi connectivity index (χ4v) is 3.09. The van der Waals surface area contributed by atoms with Crippen LogP contribution in [0, 0.1) is 18.6 Å². The number of halogens is 2. The van der Waals surface area contributed by atoms with Gasteiger partial charge in [0.1, 0.15) is 11.6 Å². The van der Waals surface area contributed by atoms with Gasteiger partial charge in [0.15, 0.2) is 0 Å². The summed E-state index contributed by atoms with van der Waals surface area (Å²) in [5.74, 6) is -0.706. The molecule has 132 valence electrons. The van der Waals surface area contributed by atoms with Gasteiger partial charge < -0.3 is 4.90 Å². The minimum Gasteiger partial charge on any atom is -0.337 e. The first kappa shape index (κ1) is 17.5. The highest BCUT2D eigenvalue weighted by Gasteiger charge is 2.21. The monoisotopic (exact) mass is 344 g/mol. The molecule has 0 saturated carbocycles. The molecule has 2 aromatic carbocycles. The van der Waals surface area contributed by atoms with Gasteiger partial charge in [-0.2, -0.15) is 0 Å². The lowest BCUT2D eigenvalue weighted by atomic mass is 10.1. The second kappa shape index (κ2) is 7.74. The predicted octanol–water partition coefficient (Wildman–Crippen LogP) is 3.62. The van der Waals surface area contributed by atoms with Gasteiger partial charge in [0, 0.05) is 38.3 Å². The SMILES string of the molecule is Cc1ccc(C(=O)N2CCCN(Cc3ccc(F)cc3)CC2)cc1F. The second-order valence-electron chi connectivity index (χ2n) is 6.51. The molecule has 0 N–H and O–H groups in total. The van der Waals surface area contributed by atoms with Gasteiger partial charge in [-0.1, -0.05) is 18.2 Å². The Labute approximate surface area is 146 Å². The molecule has 1 saturated heterocycles. The van der Waals surface area contributed by atoms with Gasteiger partial charge in [-0.25, -0.2) is 8.78 Å². The standard InChI is InChI=1S/C20H22F2N2O/c1-15-3-6-17(13-19(15)22)20(25)24-10-2-9-23(11-12-24)14-16-4-7-18(21)8-5-16/h3-8,13H,2,9-12,14H2,1H3. The molecular formula is C20H22F2N2O. The van der Waals surface area contributed by atoms with Crippen molar-refractivity contribution in [2.24, 2.45) is 0 Å². The third-order valence-electron chi connectivity index (χ3n) is 4.61. The number of rotatable bonds is 3. The van der Waals surface area contributed by atoms with Crippen molar-refractivity contribution in [3.8, 4) is 0 Å². The van der Waals surface area contributed by atoms with E-state index in [0.29, 0.717) is 24.2 Å². The summed E-state index contributed by atoms with van der Waals surface area (Å²) in [4.78, 5) is 16.7. The van der Waals surface area contributed by atoms with Crippen LogP contribution in [0.15, 0.2) is 42.5 Å². The molecule has 0 aromatic heterocycles. The second-order valence-corrected chi connectivity index (χ2v) is 6.51. The molecule has 25 heavy (non-hydrogen) atoms. The highest BCUT2D eigenvalue weighted by atomic mass is 19.1. The molecule has 0 unspecified atom stereocenters. The van der Waals surface area contributed by atoms with E-state index in [1.165, 1.54) is 18.2 Å².